The van der Waals surface area contributed by atoms with Crippen molar-refractivity contribution in [3.63, 3.8) is 0 Å². The number of rotatable bonds is 1. The van der Waals surface area contributed by atoms with E-state index >= 15 is 0 Å². The maximum atomic E-state index is 11.5. The fraction of sp³-hybridized carbons (Fsp3) is 0.300. The van der Waals surface area contributed by atoms with Crippen molar-refractivity contribution in [2.75, 3.05) is 0 Å². The first kappa shape index (κ1) is 11.4. The zero-order valence-electron chi connectivity index (χ0n) is 8.71. The molecule has 84 valence electrons. The fourth-order valence-electron chi connectivity index (χ4n) is 1.32. The molecule has 2 heterocycles. The number of aliphatic imine (C=N–C) groups is 1. The summed E-state index contributed by atoms with van der Waals surface area (Å²) in [6.07, 6.45) is 1.46. The van der Waals surface area contributed by atoms with Gasteiger partial charge in [-0.2, -0.15) is 0 Å². The molecule has 16 heavy (non-hydrogen) atoms. The summed E-state index contributed by atoms with van der Waals surface area (Å²) in [6, 6.07) is 1.56. The lowest BCUT2D eigenvalue weighted by Gasteiger charge is -2.07. The van der Waals surface area contributed by atoms with Crippen molar-refractivity contribution in [3.8, 4) is 0 Å². The van der Waals surface area contributed by atoms with Gasteiger partial charge in [-0.05, 0) is 19.9 Å². The van der Waals surface area contributed by atoms with Crippen LogP contribution in [0, 0.1) is 0 Å². The predicted molar refractivity (Wildman–Crippen MR) is 63.0 cm³/mol. The van der Waals surface area contributed by atoms with Crippen LogP contribution in [0.2, 0.25) is 10.0 Å². The van der Waals surface area contributed by atoms with Crippen LogP contribution < -0.4 is 5.32 Å². The fourth-order valence-corrected chi connectivity index (χ4v) is 1.79. The van der Waals surface area contributed by atoms with Crippen molar-refractivity contribution >= 4 is 34.9 Å². The van der Waals surface area contributed by atoms with Gasteiger partial charge in [0.15, 0.2) is 5.84 Å². The van der Waals surface area contributed by atoms with Crippen molar-refractivity contribution in [2.45, 2.75) is 19.4 Å². The molecule has 4 nitrogen and oxygen atoms in total. The molecule has 1 N–H and O–H groups in total. The molecule has 0 aliphatic carbocycles. The standard InChI is InChI=1S/C10H9Cl2N3O/c1-10(2)9(16)14-8(15-10)7-6(12)3-5(11)4-13-7/h3-4H,1-2H3,(H,14,15,16). The van der Waals surface area contributed by atoms with E-state index in [1.165, 1.54) is 6.20 Å². The summed E-state index contributed by atoms with van der Waals surface area (Å²) >= 11 is 11.7. The van der Waals surface area contributed by atoms with E-state index < -0.39 is 5.54 Å². The Bertz CT molecular complexity index is 497. The molecule has 0 spiro atoms. The number of hydrogen-bond acceptors (Lipinski definition) is 3. The van der Waals surface area contributed by atoms with Gasteiger partial charge >= 0.3 is 0 Å². The Hall–Kier alpha value is -1.13. The van der Waals surface area contributed by atoms with Gasteiger partial charge < -0.3 is 5.32 Å². The second kappa shape index (κ2) is 3.71. The minimum absolute atomic E-state index is 0.171. The van der Waals surface area contributed by atoms with Crippen LogP contribution in [0.1, 0.15) is 19.5 Å². The zero-order valence-corrected chi connectivity index (χ0v) is 10.2. The Morgan fingerprint density at radius 2 is 2.06 bits per heavy atom. The molecule has 0 fully saturated rings. The Labute approximate surface area is 103 Å². The number of amidine groups is 1. The third-order valence-electron chi connectivity index (χ3n) is 2.21. The lowest BCUT2D eigenvalue weighted by atomic mass is 10.1. The molecule has 6 heteroatoms. The summed E-state index contributed by atoms with van der Waals surface area (Å²) in [5.74, 6) is 0.215. The van der Waals surface area contributed by atoms with Crippen LogP contribution in [0.5, 0.6) is 0 Å². The van der Waals surface area contributed by atoms with Crippen LogP contribution in [0.25, 0.3) is 0 Å². The smallest absolute Gasteiger partial charge is 0.252 e. The molecule has 0 saturated heterocycles. The number of amides is 1. The van der Waals surface area contributed by atoms with Gasteiger partial charge in [0.25, 0.3) is 5.91 Å². The summed E-state index contributed by atoms with van der Waals surface area (Å²) in [4.78, 5) is 19.8. The highest BCUT2D eigenvalue weighted by molar-refractivity contribution is 6.37. The van der Waals surface area contributed by atoms with Crippen molar-refractivity contribution in [2.24, 2.45) is 4.99 Å². The van der Waals surface area contributed by atoms with Gasteiger partial charge in [0.2, 0.25) is 0 Å². The van der Waals surface area contributed by atoms with Crippen molar-refractivity contribution in [1.82, 2.24) is 10.3 Å². The molecule has 1 aromatic rings. The number of carbonyl (C=O) groups excluding carboxylic acids is 1. The van der Waals surface area contributed by atoms with Gasteiger partial charge in [-0.25, -0.2) is 4.98 Å². The van der Waals surface area contributed by atoms with Crippen LogP contribution in [-0.2, 0) is 4.79 Å². The van der Waals surface area contributed by atoms with Crippen LogP contribution >= 0.6 is 23.2 Å². The molecule has 0 atom stereocenters. The average molecular weight is 258 g/mol. The molecule has 0 radical (unpaired) electrons. The molecule has 0 saturated carbocycles. The topological polar surface area (TPSA) is 54.4 Å². The zero-order chi connectivity index (χ0) is 11.9. The molecule has 2 rings (SSSR count). The maximum Gasteiger partial charge on any atom is 0.252 e. The van der Waals surface area contributed by atoms with Crippen LogP contribution in [0.15, 0.2) is 17.3 Å². The molecule has 0 unspecified atom stereocenters. The number of halogens is 2. The van der Waals surface area contributed by atoms with E-state index in [0.29, 0.717) is 21.6 Å². The minimum Gasteiger partial charge on any atom is -0.307 e. The third kappa shape index (κ3) is 1.90. The van der Waals surface area contributed by atoms with Crippen molar-refractivity contribution in [3.05, 3.63) is 28.0 Å². The predicted octanol–water partition coefficient (Wildman–Crippen LogP) is 2.04. The highest BCUT2D eigenvalue weighted by atomic mass is 35.5. The number of aromatic nitrogens is 1. The van der Waals surface area contributed by atoms with Crippen LogP contribution in [0.3, 0.4) is 0 Å². The van der Waals surface area contributed by atoms with Gasteiger partial charge in [0.1, 0.15) is 11.2 Å². The second-order valence-corrected chi connectivity index (χ2v) is 4.80. The van der Waals surface area contributed by atoms with E-state index in [9.17, 15) is 4.79 Å². The van der Waals surface area contributed by atoms with Gasteiger partial charge in [-0.1, -0.05) is 23.2 Å². The molecular weight excluding hydrogens is 249 g/mol. The summed E-state index contributed by atoms with van der Waals surface area (Å²) in [7, 11) is 0. The molecular formula is C10H9Cl2N3O. The Morgan fingerprint density at radius 1 is 1.38 bits per heavy atom. The first-order valence-electron chi connectivity index (χ1n) is 4.63. The Morgan fingerprint density at radius 3 is 2.56 bits per heavy atom. The van der Waals surface area contributed by atoms with Gasteiger partial charge in [-0.3, -0.25) is 9.79 Å². The Kier molecular flexibility index (Phi) is 2.64. The third-order valence-corrected chi connectivity index (χ3v) is 2.71. The largest absolute Gasteiger partial charge is 0.307 e. The van der Waals surface area contributed by atoms with Gasteiger partial charge in [-0.15, -0.1) is 0 Å². The molecule has 1 amide bonds. The second-order valence-electron chi connectivity index (χ2n) is 3.96. The summed E-state index contributed by atoms with van der Waals surface area (Å²) in [5.41, 5.74) is -0.343. The number of carbonyl (C=O) groups is 1. The molecule has 0 aromatic carbocycles. The highest BCUT2D eigenvalue weighted by Gasteiger charge is 2.35. The minimum atomic E-state index is -0.778. The number of pyridine rings is 1. The van der Waals surface area contributed by atoms with Crippen molar-refractivity contribution < 1.29 is 4.79 Å². The van der Waals surface area contributed by atoms with Gasteiger partial charge in [0, 0.05) is 6.20 Å². The van der Waals surface area contributed by atoms with E-state index in [1.54, 1.807) is 19.9 Å². The van der Waals surface area contributed by atoms with E-state index in [2.05, 4.69) is 15.3 Å². The summed E-state index contributed by atoms with van der Waals surface area (Å²) < 4.78 is 0. The highest BCUT2D eigenvalue weighted by Crippen LogP contribution is 2.23. The Balaban J connectivity index is 2.44. The first-order chi connectivity index (χ1) is 7.40. The summed E-state index contributed by atoms with van der Waals surface area (Å²) in [6.45, 7) is 3.44. The number of nitrogens with zero attached hydrogens (tertiary/aromatic N) is 2. The number of nitrogens with one attached hydrogen (secondary N) is 1. The van der Waals surface area contributed by atoms with E-state index in [4.69, 9.17) is 23.2 Å². The maximum absolute atomic E-state index is 11.5. The lowest BCUT2D eigenvalue weighted by Crippen LogP contribution is -2.34. The van der Waals surface area contributed by atoms with Crippen molar-refractivity contribution in [1.29, 1.82) is 0 Å². The molecule has 0 bridgehead atoms. The van der Waals surface area contributed by atoms with E-state index in [-0.39, 0.29) is 5.91 Å². The lowest BCUT2D eigenvalue weighted by molar-refractivity contribution is -0.122. The number of hydrogen-bond donors (Lipinski definition) is 1. The SMILES string of the molecule is CC1(C)N=C(c2ncc(Cl)cc2Cl)NC1=O. The van der Waals surface area contributed by atoms with Crippen LogP contribution in [0.4, 0.5) is 0 Å². The first-order valence-corrected chi connectivity index (χ1v) is 5.38. The van der Waals surface area contributed by atoms with E-state index in [0.717, 1.165) is 0 Å². The monoisotopic (exact) mass is 257 g/mol. The average Bonchev–Trinajstić information content (AvgIpc) is 2.40. The quantitative estimate of drug-likeness (QED) is 0.838. The molecule has 1 aromatic heterocycles. The van der Waals surface area contributed by atoms with Gasteiger partial charge in [0.05, 0.1) is 10.0 Å². The molecule has 1 aliphatic heterocycles. The normalized spacial score (nSPS) is 18.2. The molecule has 1 aliphatic rings. The van der Waals surface area contributed by atoms with E-state index in [1.807, 2.05) is 0 Å². The summed E-state index contributed by atoms with van der Waals surface area (Å²) in [5, 5.41) is 3.45. The van der Waals surface area contributed by atoms with Crippen LogP contribution in [-0.4, -0.2) is 22.3 Å².